The number of thiol groups is 1. The monoisotopic (exact) mass is 774 g/mol. The van der Waals surface area contributed by atoms with Crippen molar-refractivity contribution in [2.24, 2.45) is 0 Å². The number of hydrogen-bond acceptors (Lipinski definition) is 11. The van der Waals surface area contributed by atoms with E-state index in [1.165, 1.54) is 33.9 Å². The second-order valence-corrected chi connectivity index (χ2v) is 17.4. The van der Waals surface area contributed by atoms with E-state index in [1.807, 2.05) is 0 Å². The third kappa shape index (κ3) is 6.18. The van der Waals surface area contributed by atoms with E-state index in [0.717, 1.165) is 7.57 Å². The first-order valence-electron chi connectivity index (χ1n) is 13.5. The Morgan fingerprint density at radius 1 is 0.826 bits per heavy atom. The fraction of sp³-hybridized carbons (Fsp3) is 0.417. The molecule has 0 saturated carbocycles. The van der Waals surface area contributed by atoms with Gasteiger partial charge in [0.1, 0.15) is 30.5 Å². The number of rotatable bonds is 2. The maximum Gasteiger partial charge on any atom is 0.386 e. The van der Waals surface area contributed by atoms with Gasteiger partial charge in [-0.15, -0.1) is 0 Å². The van der Waals surface area contributed by atoms with Crippen molar-refractivity contribution in [3.8, 4) is 0 Å². The molecule has 0 bridgehead atoms. The van der Waals surface area contributed by atoms with E-state index >= 15 is 4.39 Å². The van der Waals surface area contributed by atoms with Gasteiger partial charge in [-0.1, -0.05) is 58.7 Å². The van der Waals surface area contributed by atoms with Gasteiger partial charge in [-0.2, -0.15) is 0 Å². The highest BCUT2D eigenvalue weighted by Crippen LogP contribution is 2.58. The average molecular weight is 776 g/mol. The standard InChI is InChI=1S/C24H22BCl4FN4O9P2S/c25-44(36)38-5-18-22(20(35)24(41-18)34-8-32-14-2-10(27)12(29)4-16(14)34)43-45(37,46)39-6-17-21(42-44)19(30)23(40-17)33-7-31-13-1-9(26)11(28)3-15(13)33/h1-4,7-8,17-24,35H,5-6,25H2,(H,37,46)/t17-,18-,19?,20?,21?,22?,23-,24-,44?,45?/m1/s1. The van der Waals surface area contributed by atoms with Gasteiger partial charge in [0.2, 0.25) is 0 Å². The first-order valence-corrected chi connectivity index (χ1v) is 19.7. The van der Waals surface area contributed by atoms with E-state index in [-0.39, 0.29) is 20.1 Å². The third-order valence-corrected chi connectivity index (χ3v) is 12.1. The fourth-order valence-electron chi connectivity index (χ4n) is 5.65. The van der Waals surface area contributed by atoms with Gasteiger partial charge < -0.3 is 32.8 Å². The van der Waals surface area contributed by atoms with Crippen LogP contribution >= 0.6 is 72.9 Å². The molecule has 0 spiro atoms. The molecule has 0 amide bonds. The van der Waals surface area contributed by atoms with Crippen molar-refractivity contribution in [1.29, 1.82) is 0 Å². The van der Waals surface area contributed by atoms with Gasteiger partial charge >= 0.3 is 6.80 Å². The van der Waals surface area contributed by atoms with Crippen LogP contribution in [-0.4, -0.2) is 81.7 Å². The molecule has 2 aromatic heterocycles. The molecular weight excluding hydrogens is 754 g/mol. The number of nitrogens with zero attached hydrogens (tertiary/aromatic N) is 4. The summed E-state index contributed by atoms with van der Waals surface area (Å²) < 4.78 is 80.6. The molecule has 3 saturated heterocycles. The molecule has 46 heavy (non-hydrogen) atoms. The van der Waals surface area contributed by atoms with Crippen LogP contribution in [0.25, 0.3) is 22.1 Å². The summed E-state index contributed by atoms with van der Waals surface area (Å²) in [6.45, 7) is -5.33. The average Bonchev–Trinajstić information content (AvgIpc) is 3.72. The molecule has 246 valence electrons. The van der Waals surface area contributed by atoms with Gasteiger partial charge in [0.15, 0.2) is 18.6 Å². The molecule has 4 aromatic rings. The first kappa shape index (κ1) is 33.6. The highest BCUT2D eigenvalue weighted by Gasteiger charge is 2.53. The Morgan fingerprint density at radius 2 is 1.33 bits per heavy atom. The number of hydrogen-bond donors (Lipinski definition) is 2. The molecule has 0 radical (unpaired) electrons. The Bertz CT molecular complexity index is 1810. The van der Waals surface area contributed by atoms with Gasteiger partial charge in [-0.3, -0.25) is 13.6 Å². The summed E-state index contributed by atoms with van der Waals surface area (Å²) in [6.07, 6.45) is -8.47. The molecule has 7 rings (SSSR count). The molecule has 3 aliphatic rings. The summed E-state index contributed by atoms with van der Waals surface area (Å²) >= 11 is 28.7. The van der Waals surface area contributed by atoms with Crippen LogP contribution in [0.2, 0.25) is 20.1 Å². The zero-order chi connectivity index (χ0) is 32.7. The van der Waals surface area contributed by atoms with Crippen LogP contribution in [0.5, 0.6) is 0 Å². The van der Waals surface area contributed by atoms with Crippen molar-refractivity contribution in [3.05, 3.63) is 57.0 Å². The largest absolute Gasteiger partial charge is 0.386 e. The lowest BCUT2D eigenvalue weighted by atomic mass is 10.1. The van der Waals surface area contributed by atoms with Crippen LogP contribution < -0.4 is 0 Å². The van der Waals surface area contributed by atoms with Crippen molar-refractivity contribution in [2.75, 3.05) is 13.2 Å². The SMILES string of the molecule is BP1(=O)OC[C@H]2O[C@@H](n3cnc4cc(Cl)c(Cl)cc43)C(O)C2OP(=O)(S)OC[C@H]2O[C@@H](n3cnc4cc(Cl)c(Cl)cc43)C(F)C2O1. The van der Waals surface area contributed by atoms with Crippen molar-refractivity contribution in [3.63, 3.8) is 0 Å². The normalized spacial score (nSPS) is 37.2. The summed E-state index contributed by atoms with van der Waals surface area (Å²) in [5, 5.41) is 12.3. The third-order valence-electron chi connectivity index (χ3n) is 7.80. The van der Waals surface area contributed by atoms with Crippen molar-refractivity contribution in [1.82, 2.24) is 19.1 Å². The number of halogens is 5. The number of fused-ring (bicyclic) bond motifs is 4. The molecule has 10 atom stereocenters. The Morgan fingerprint density at radius 3 is 1.93 bits per heavy atom. The second kappa shape index (κ2) is 12.4. The van der Waals surface area contributed by atoms with E-state index in [0.29, 0.717) is 22.1 Å². The van der Waals surface area contributed by atoms with E-state index < -0.39 is 76.6 Å². The first-order chi connectivity index (χ1) is 21.7. The predicted octanol–water partition coefficient (Wildman–Crippen LogP) is 5.79. The summed E-state index contributed by atoms with van der Waals surface area (Å²) in [6, 6.07) is 6.11. The van der Waals surface area contributed by atoms with Crippen LogP contribution in [0.3, 0.4) is 0 Å². The van der Waals surface area contributed by atoms with Crippen molar-refractivity contribution in [2.45, 2.75) is 49.1 Å². The van der Waals surface area contributed by atoms with Crippen LogP contribution in [0.1, 0.15) is 12.5 Å². The van der Waals surface area contributed by atoms with E-state index in [9.17, 15) is 14.2 Å². The zero-order valence-electron chi connectivity index (χ0n) is 23.2. The fourth-order valence-corrected chi connectivity index (χ4v) is 8.95. The van der Waals surface area contributed by atoms with Gasteiger partial charge in [0.05, 0.1) is 68.0 Å². The molecule has 0 aliphatic carbocycles. The lowest BCUT2D eigenvalue weighted by molar-refractivity contribution is -0.0555. The zero-order valence-corrected chi connectivity index (χ0v) is 28.9. The van der Waals surface area contributed by atoms with Crippen LogP contribution in [-0.2, 0) is 36.7 Å². The summed E-state index contributed by atoms with van der Waals surface area (Å²) in [5.41, 5.74) is 1.76. The molecule has 2 aromatic carbocycles. The number of aliphatic hydroxyl groups excluding tert-OH is 1. The van der Waals surface area contributed by atoms with Gasteiger partial charge in [0, 0.05) is 0 Å². The molecule has 3 fully saturated rings. The Labute approximate surface area is 286 Å². The van der Waals surface area contributed by atoms with Crippen LogP contribution in [0.4, 0.5) is 4.39 Å². The molecule has 1 N–H and O–H groups in total. The second-order valence-electron chi connectivity index (χ2n) is 10.9. The highest BCUT2D eigenvalue weighted by molar-refractivity contribution is 8.44. The Kier molecular flexibility index (Phi) is 9.07. The molecular formula is C24H22BCl4FN4O9P2S. The molecule has 22 heteroatoms. The van der Waals surface area contributed by atoms with Crippen LogP contribution in [0.15, 0.2) is 36.9 Å². The van der Waals surface area contributed by atoms with Gasteiger partial charge in [-0.25, -0.2) is 18.9 Å². The summed E-state index contributed by atoms with van der Waals surface area (Å²) in [5.74, 6) is 0. The molecule has 13 nitrogen and oxygen atoms in total. The Hall–Kier alpha value is -0.935. The van der Waals surface area contributed by atoms with E-state index in [4.69, 9.17) is 74.0 Å². The number of alkyl halides is 1. The van der Waals surface area contributed by atoms with Gasteiger partial charge in [0.25, 0.3) is 15.0 Å². The summed E-state index contributed by atoms with van der Waals surface area (Å²) in [4.78, 5) is 8.52. The minimum absolute atomic E-state index is 0.210. The van der Waals surface area contributed by atoms with E-state index in [1.54, 1.807) is 12.1 Å². The lowest BCUT2D eigenvalue weighted by Crippen LogP contribution is -2.38. The molecule has 3 aliphatic heterocycles. The smallest absolute Gasteiger partial charge is 0.386 e. The Balaban J connectivity index is 1.16. The quantitative estimate of drug-likeness (QED) is 0.145. The highest BCUT2D eigenvalue weighted by atomic mass is 35.5. The number of ether oxygens (including phenoxy) is 2. The minimum atomic E-state index is -4.29. The number of imidazole rings is 2. The molecule has 6 unspecified atom stereocenters. The maximum atomic E-state index is 16.1. The number of benzene rings is 2. The van der Waals surface area contributed by atoms with Crippen molar-refractivity contribution >= 4 is 103 Å². The number of aliphatic hydroxyl groups is 1. The van der Waals surface area contributed by atoms with Gasteiger partial charge in [-0.05, 0) is 24.3 Å². The topological polar surface area (TPSA) is 145 Å². The predicted molar refractivity (Wildman–Crippen MR) is 173 cm³/mol. The summed E-state index contributed by atoms with van der Waals surface area (Å²) in [7, 11) is -2.88. The molecule has 5 heterocycles. The number of aromatic nitrogens is 4. The maximum absolute atomic E-state index is 16.1. The van der Waals surface area contributed by atoms with Crippen LogP contribution in [0, 0.1) is 0 Å². The van der Waals surface area contributed by atoms with Crippen molar-refractivity contribution < 1.29 is 46.2 Å². The van der Waals surface area contributed by atoms with E-state index in [2.05, 4.69) is 22.2 Å². The lowest BCUT2D eigenvalue weighted by Gasteiger charge is -2.29. The minimum Gasteiger partial charge on any atom is -0.386 e.